The average molecular weight is 259 g/mol. The Kier molecular flexibility index (Phi) is 3.30. The number of aromatic nitrogens is 2. The number of rotatable bonds is 3. The van der Waals surface area contributed by atoms with E-state index in [0.29, 0.717) is 4.77 Å². The lowest BCUT2D eigenvalue weighted by Gasteiger charge is -2.03. The molecule has 0 aliphatic heterocycles. The number of nitrogens with one attached hydrogen (secondary N) is 1. The van der Waals surface area contributed by atoms with Crippen molar-refractivity contribution in [2.24, 2.45) is 0 Å². The largest absolute Gasteiger partial charge is 0.331 e. The molecule has 0 spiro atoms. The van der Waals surface area contributed by atoms with Gasteiger partial charge in [0, 0.05) is 12.6 Å². The molecule has 0 aliphatic rings. The van der Waals surface area contributed by atoms with E-state index in [-0.39, 0.29) is 5.02 Å². The van der Waals surface area contributed by atoms with Gasteiger partial charge in [-0.1, -0.05) is 24.9 Å². The fourth-order valence-electron chi connectivity index (χ4n) is 1.69. The van der Waals surface area contributed by atoms with Crippen LogP contribution in [-0.4, -0.2) is 9.55 Å². The first kappa shape index (κ1) is 11.6. The van der Waals surface area contributed by atoms with Crippen molar-refractivity contribution in [2.45, 2.75) is 26.3 Å². The maximum Gasteiger partial charge on any atom is 0.178 e. The molecule has 0 saturated heterocycles. The van der Waals surface area contributed by atoms with E-state index in [1.54, 1.807) is 6.07 Å². The molecule has 5 heteroatoms. The van der Waals surface area contributed by atoms with Crippen LogP contribution in [0.2, 0.25) is 5.02 Å². The highest BCUT2D eigenvalue weighted by atomic mass is 35.5. The molecule has 2 nitrogen and oxygen atoms in total. The van der Waals surface area contributed by atoms with Crippen LogP contribution in [0.5, 0.6) is 0 Å². The summed E-state index contributed by atoms with van der Waals surface area (Å²) in [4.78, 5) is 3.03. The predicted octanol–water partition coefficient (Wildman–Crippen LogP) is 4.29. The second kappa shape index (κ2) is 4.55. The van der Waals surface area contributed by atoms with Gasteiger partial charge in [0.15, 0.2) is 4.77 Å². The summed E-state index contributed by atoms with van der Waals surface area (Å²) in [6.45, 7) is 2.91. The van der Waals surface area contributed by atoms with Gasteiger partial charge in [0.05, 0.1) is 16.1 Å². The van der Waals surface area contributed by atoms with E-state index >= 15 is 0 Å². The van der Waals surface area contributed by atoms with Gasteiger partial charge < -0.3 is 9.55 Å². The Morgan fingerprint density at radius 2 is 2.25 bits per heavy atom. The van der Waals surface area contributed by atoms with E-state index < -0.39 is 5.82 Å². The fraction of sp³-hybridized carbons (Fsp3) is 0.364. The second-order valence-electron chi connectivity index (χ2n) is 3.72. The first-order chi connectivity index (χ1) is 7.63. The molecule has 86 valence electrons. The molecule has 0 saturated carbocycles. The smallest absolute Gasteiger partial charge is 0.178 e. The maximum absolute atomic E-state index is 13.4. The zero-order chi connectivity index (χ0) is 11.7. The molecule has 1 heterocycles. The lowest BCUT2D eigenvalue weighted by molar-refractivity contribution is 0.621. The molecule has 2 aromatic rings. The van der Waals surface area contributed by atoms with Crippen LogP contribution in [0.25, 0.3) is 11.0 Å². The van der Waals surface area contributed by atoms with E-state index in [1.807, 2.05) is 4.57 Å². The van der Waals surface area contributed by atoms with Crippen LogP contribution >= 0.6 is 23.8 Å². The summed E-state index contributed by atoms with van der Waals surface area (Å²) in [7, 11) is 0. The van der Waals surface area contributed by atoms with Crippen LogP contribution in [-0.2, 0) is 6.54 Å². The minimum atomic E-state index is -0.409. The standard InChI is InChI=1S/C11H12ClFN2S/c1-2-3-4-15-10-6-8(13)7(12)5-9(10)14-11(15)16/h5-6H,2-4H2,1H3,(H,14,16). The third-order valence-corrected chi connectivity index (χ3v) is 3.16. The third kappa shape index (κ3) is 1.99. The number of aryl methyl sites for hydroxylation is 1. The summed E-state index contributed by atoms with van der Waals surface area (Å²) in [5, 5.41) is 0.117. The van der Waals surface area contributed by atoms with Gasteiger partial charge in [0.1, 0.15) is 5.82 Å². The van der Waals surface area contributed by atoms with Gasteiger partial charge in [-0.2, -0.15) is 0 Å². The summed E-state index contributed by atoms with van der Waals surface area (Å²) >= 11 is 10.9. The fourth-order valence-corrected chi connectivity index (χ4v) is 2.15. The molecular weight excluding hydrogens is 247 g/mol. The quantitative estimate of drug-likeness (QED) is 0.815. The molecule has 0 bridgehead atoms. The van der Waals surface area contributed by atoms with Crippen molar-refractivity contribution < 1.29 is 4.39 Å². The summed E-state index contributed by atoms with van der Waals surface area (Å²) in [6.07, 6.45) is 2.09. The Morgan fingerprint density at radius 1 is 1.50 bits per heavy atom. The zero-order valence-corrected chi connectivity index (χ0v) is 10.5. The number of H-pyrrole nitrogens is 1. The van der Waals surface area contributed by atoms with Crippen molar-refractivity contribution in [3.05, 3.63) is 27.7 Å². The highest BCUT2D eigenvalue weighted by Gasteiger charge is 2.08. The molecule has 16 heavy (non-hydrogen) atoms. The van der Waals surface area contributed by atoms with Gasteiger partial charge >= 0.3 is 0 Å². The first-order valence-corrected chi connectivity index (χ1v) is 5.99. The second-order valence-corrected chi connectivity index (χ2v) is 4.51. The third-order valence-electron chi connectivity index (χ3n) is 2.55. The topological polar surface area (TPSA) is 20.7 Å². The molecule has 1 N–H and O–H groups in total. The van der Waals surface area contributed by atoms with Crippen LogP contribution < -0.4 is 0 Å². The van der Waals surface area contributed by atoms with E-state index in [9.17, 15) is 4.39 Å². The molecule has 0 amide bonds. The summed E-state index contributed by atoms with van der Waals surface area (Å²) in [5.74, 6) is -0.409. The number of unbranched alkanes of at least 4 members (excludes halogenated alkanes) is 1. The Hall–Kier alpha value is -0.870. The van der Waals surface area contributed by atoms with E-state index in [1.165, 1.54) is 6.07 Å². The summed E-state index contributed by atoms with van der Waals surface area (Å²) in [6, 6.07) is 3.00. The number of aromatic amines is 1. The van der Waals surface area contributed by atoms with Crippen molar-refractivity contribution >= 4 is 34.9 Å². The van der Waals surface area contributed by atoms with Crippen molar-refractivity contribution in [1.29, 1.82) is 0 Å². The normalized spacial score (nSPS) is 11.2. The van der Waals surface area contributed by atoms with Crippen LogP contribution in [0, 0.1) is 10.6 Å². The van der Waals surface area contributed by atoms with Crippen LogP contribution in [0.3, 0.4) is 0 Å². The van der Waals surface area contributed by atoms with Gasteiger partial charge in [-0.25, -0.2) is 4.39 Å². The van der Waals surface area contributed by atoms with Crippen molar-refractivity contribution in [1.82, 2.24) is 9.55 Å². The van der Waals surface area contributed by atoms with Crippen LogP contribution in [0.1, 0.15) is 19.8 Å². The van der Waals surface area contributed by atoms with Gasteiger partial charge in [-0.05, 0) is 24.7 Å². The van der Waals surface area contributed by atoms with Crippen molar-refractivity contribution in [2.75, 3.05) is 0 Å². The molecule has 1 aromatic heterocycles. The molecule has 0 aliphatic carbocycles. The number of hydrogen-bond donors (Lipinski definition) is 1. The van der Waals surface area contributed by atoms with Gasteiger partial charge in [0.25, 0.3) is 0 Å². The lowest BCUT2D eigenvalue weighted by atomic mass is 10.3. The number of nitrogens with zero attached hydrogens (tertiary/aromatic N) is 1. The molecular formula is C11H12ClFN2S. The summed E-state index contributed by atoms with van der Waals surface area (Å²) in [5.41, 5.74) is 1.56. The Labute approximate surface area is 103 Å². The predicted molar refractivity (Wildman–Crippen MR) is 67.0 cm³/mol. The highest BCUT2D eigenvalue weighted by molar-refractivity contribution is 7.71. The van der Waals surface area contributed by atoms with E-state index in [4.69, 9.17) is 23.8 Å². The van der Waals surface area contributed by atoms with Crippen molar-refractivity contribution in [3.63, 3.8) is 0 Å². The van der Waals surface area contributed by atoms with Gasteiger partial charge in [-0.3, -0.25) is 0 Å². The maximum atomic E-state index is 13.4. The Bertz CT molecular complexity index is 573. The SMILES string of the molecule is CCCCn1c(=S)[nH]c2cc(Cl)c(F)cc21. The molecule has 0 atom stereocenters. The Balaban J connectivity index is 2.60. The van der Waals surface area contributed by atoms with E-state index in [2.05, 4.69) is 11.9 Å². The first-order valence-electron chi connectivity index (χ1n) is 5.21. The van der Waals surface area contributed by atoms with Crippen LogP contribution in [0.15, 0.2) is 12.1 Å². The molecule has 0 fully saturated rings. The lowest BCUT2D eigenvalue weighted by Crippen LogP contribution is -1.97. The molecule has 0 radical (unpaired) electrons. The minimum Gasteiger partial charge on any atom is -0.331 e. The minimum absolute atomic E-state index is 0.117. The van der Waals surface area contributed by atoms with Gasteiger partial charge in [0.2, 0.25) is 0 Å². The molecule has 0 unspecified atom stereocenters. The molecule has 1 aromatic carbocycles. The van der Waals surface area contributed by atoms with E-state index in [0.717, 1.165) is 30.4 Å². The number of imidazole rings is 1. The Morgan fingerprint density at radius 3 is 2.94 bits per heavy atom. The van der Waals surface area contributed by atoms with Crippen molar-refractivity contribution in [3.8, 4) is 0 Å². The number of hydrogen-bond acceptors (Lipinski definition) is 1. The summed E-state index contributed by atoms with van der Waals surface area (Å²) < 4.78 is 15.9. The number of fused-ring (bicyclic) bond motifs is 1. The molecule has 2 rings (SSSR count). The van der Waals surface area contributed by atoms with Gasteiger partial charge in [-0.15, -0.1) is 0 Å². The van der Waals surface area contributed by atoms with Crippen LogP contribution in [0.4, 0.5) is 4.39 Å². The highest BCUT2D eigenvalue weighted by Crippen LogP contribution is 2.23. The average Bonchev–Trinajstić information content (AvgIpc) is 2.52. The monoisotopic (exact) mass is 258 g/mol. The zero-order valence-electron chi connectivity index (χ0n) is 8.89. The number of halogens is 2. The number of benzene rings is 1.